The Balaban J connectivity index is 1.51. The number of benzene rings is 1. The van der Waals surface area contributed by atoms with Crippen molar-refractivity contribution in [3.8, 4) is 11.5 Å². The zero-order valence-electron chi connectivity index (χ0n) is 12.8. The second-order valence-corrected chi connectivity index (χ2v) is 6.38. The topological polar surface area (TPSA) is 42.0 Å². The van der Waals surface area contributed by atoms with E-state index in [9.17, 15) is 13.6 Å². The first-order chi connectivity index (χ1) is 10.9. The molecule has 4 rings (SSSR count). The maximum Gasteiger partial charge on any atom is 0.586 e. The molecule has 0 saturated carbocycles. The number of alkyl halides is 2. The third-order valence-corrected chi connectivity index (χ3v) is 4.86. The van der Waals surface area contributed by atoms with Crippen LogP contribution in [0.1, 0.15) is 25.3 Å². The minimum Gasteiger partial charge on any atom is -0.395 e. The Morgan fingerprint density at radius 3 is 2.91 bits per heavy atom. The van der Waals surface area contributed by atoms with Gasteiger partial charge in [-0.3, -0.25) is 9.69 Å². The van der Waals surface area contributed by atoms with Crippen LogP contribution in [0.25, 0.3) is 0 Å². The highest BCUT2D eigenvalue weighted by Gasteiger charge is 2.44. The van der Waals surface area contributed by atoms with Crippen LogP contribution in [-0.4, -0.2) is 47.2 Å². The molecule has 5 nitrogen and oxygen atoms in total. The smallest absolute Gasteiger partial charge is 0.395 e. The van der Waals surface area contributed by atoms with Gasteiger partial charge < -0.3 is 14.4 Å². The lowest BCUT2D eigenvalue weighted by molar-refractivity contribution is -0.286. The number of hydrogen-bond donors (Lipinski definition) is 0. The predicted octanol–water partition coefficient (Wildman–Crippen LogP) is 2.20. The van der Waals surface area contributed by atoms with E-state index in [0.29, 0.717) is 6.54 Å². The fourth-order valence-electron chi connectivity index (χ4n) is 3.67. The number of carbonyl (C=O) groups is 1. The first-order valence-electron chi connectivity index (χ1n) is 7.86. The molecule has 2 saturated heterocycles. The summed E-state index contributed by atoms with van der Waals surface area (Å²) in [6.45, 7) is 4.09. The Bertz CT molecular complexity index is 652. The second-order valence-electron chi connectivity index (χ2n) is 6.38. The lowest BCUT2D eigenvalue weighted by Gasteiger charge is -2.41. The fourth-order valence-corrected chi connectivity index (χ4v) is 3.67. The molecule has 0 aromatic heterocycles. The van der Waals surface area contributed by atoms with Crippen molar-refractivity contribution in [2.24, 2.45) is 0 Å². The summed E-state index contributed by atoms with van der Waals surface area (Å²) in [7, 11) is 0. The van der Waals surface area contributed by atoms with Gasteiger partial charge >= 0.3 is 6.29 Å². The van der Waals surface area contributed by atoms with Gasteiger partial charge in [0.2, 0.25) is 5.91 Å². The van der Waals surface area contributed by atoms with E-state index in [4.69, 9.17) is 0 Å². The molecule has 1 aromatic carbocycles. The number of fused-ring (bicyclic) bond motifs is 2. The minimum atomic E-state index is -3.60. The molecule has 3 aliphatic heterocycles. The van der Waals surface area contributed by atoms with Crippen molar-refractivity contribution in [2.45, 2.75) is 44.7 Å². The van der Waals surface area contributed by atoms with E-state index in [-0.39, 0.29) is 29.5 Å². The Morgan fingerprint density at radius 1 is 1.30 bits per heavy atom. The first-order valence-corrected chi connectivity index (χ1v) is 7.86. The summed E-state index contributed by atoms with van der Waals surface area (Å²) in [4.78, 5) is 16.5. The van der Waals surface area contributed by atoms with Crippen LogP contribution >= 0.6 is 0 Å². The van der Waals surface area contributed by atoms with Crippen LogP contribution in [0.2, 0.25) is 0 Å². The summed E-state index contributed by atoms with van der Waals surface area (Å²) < 4.78 is 35.1. The molecule has 0 spiro atoms. The quantitative estimate of drug-likeness (QED) is 0.836. The van der Waals surface area contributed by atoms with Gasteiger partial charge in [-0.25, -0.2) is 0 Å². The van der Waals surface area contributed by atoms with E-state index in [1.165, 1.54) is 6.07 Å². The molecule has 0 radical (unpaired) electrons. The Kier molecular flexibility index (Phi) is 3.23. The molecule has 7 heteroatoms. The fraction of sp³-hybridized carbons (Fsp3) is 0.562. The van der Waals surface area contributed by atoms with E-state index in [2.05, 4.69) is 14.4 Å². The molecule has 3 heterocycles. The average molecular weight is 324 g/mol. The van der Waals surface area contributed by atoms with Crippen LogP contribution < -0.4 is 9.47 Å². The highest BCUT2D eigenvalue weighted by atomic mass is 19.3. The standard InChI is InChI=1S/C16H18F2N2O3/c1-10-15(21)20-6-2-3-12(20)9-19(10)8-11-4-5-13-14(7-11)23-16(17,18)22-13/h4-5,7,10,12H,2-3,6,8-9H2,1H3/t10-,12+/m1/s1. The maximum atomic E-state index is 13.1. The zero-order chi connectivity index (χ0) is 16.2. The minimum absolute atomic E-state index is 0.0449. The Hall–Kier alpha value is -1.89. The summed E-state index contributed by atoms with van der Waals surface area (Å²) >= 11 is 0. The van der Waals surface area contributed by atoms with E-state index in [0.717, 1.165) is 31.5 Å². The van der Waals surface area contributed by atoms with Gasteiger partial charge in [0, 0.05) is 25.7 Å². The highest BCUT2D eigenvalue weighted by Crippen LogP contribution is 2.41. The lowest BCUT2D eigenvalue weighted by atomic mass is 10.1. The normalized spacial score (nSPS) is 29.0. The van der Waals surface area contributed by atoms with Gasteiger partial charge in [0.05, 0.1) is 6.04 Å². The van der Waals surface area contributed by atoms with Gasteiger partial charge in [-0.1, -0.05) is 6.07 Å². The van der Waals surface area contributed by atoms with Crippen molar-refractivity contribution in [2.75, 3.05) is 13.1 Å². The largest absolute Gasteiger partial charge is 0.586 e. The summed E-state index contributed by atoms with van der Waals surface area (Å²) in [5.41, 5.74) is 0.830. The van der Waals surface area contributed by atoms with E-state index in [1.54, 1.807) is 12.1 Å². The second kappa shape index (κ2) is 5.06. The summed E-state index contributed by atoms with van der Waals surface area (Å²) in [6, 6.07) is 4.87. The molecular weight excluding hydrogens is 306 g/mol. The number of hydrogen-bond acceptors (Lipinski definition) is 4. The Labute approximate surface area is 132 Å². The number of nitrogens with zero attached hydrogens (tertiary/aromatic N) is 2. The zero-order valence-corrected chi connectivity index (χ0v) is 12.8. The van der Waals surface area contributed by atoms with Crippen molar-refractivity contribution >= 4 is 5.91 Å². The van der Waals surface area contributed by atoms with Crippen LogP contribution in [0.3, 0.4) is 0 Å². The Morgan fingerprint density at radius 2 is 2.09 bits per heavy atom. The lowest BCUT2D eigenvalue weighted by Crippen LogP contribution is -2.58. The number of amides is 1. The van der Waals surface area contributed by atoms with Crippen molar-refractivity contribution in [1.82, 2.24) is 9.80 Å². The molecule has 2 atom stereocenters. The highest BCUT2D eigenvalue weighted by molar-refractivity contribution is 5.83. The molecular formula is C16H18F2N2O3. The number of halogens is 2. The van der Waals surface area contributed by atoms with Gasteiger partial charge in [-0.15, -0.1) is 8.78 Å². The summed E-state index contributed by atoms with van der Waals surface area (Å²) in [5.74, 6) is 0.250. The summed E-state index contributed by atoms with van der Waals surface area (Å²) in [6.07, 6.45) is -1.52. The number of ether oxygens (including phenoxy) is 2. The predicted molar refractivity (Wildman–Crippen MR) is 77.3 cm³/mol. The SMILES string of the molecule is C[C@@H]1C(=O)N2CCC[C@H]2CN1Cc1ccc2c(c1)OC(F)(F)O2. The van der Waals surface area contributed by atoms with Crippen molar-refractivity contribution in [1.29, 1.82) is 0 Å². The molecule has 124 valence electrons. The molecule has 23 heavy (non-hydrogen) atoms. The first kappa shape index (κ1) is 14.7. The van der Waals surface area contributed by atoms with Gasteiger partial charge in [0.1, 0.15) is 0 Å². The molecule has 1 amide bonds. The van der Waals surface area contributed by atoms with Gasteiger partial charge in [0.15, 0.2) is 11.5 Å². The van der Waals surface area contributed by atoms with Crippen molar-refractivity contribution in [3.63, 3.8) is 0 Å². The van der Waals surface area contributed by atoms with Crippen LogP contribution in [0.15, 0.2) is 18.2 Å². The monoisotopic (exact) mass is 324 g/mol. The molecule has 0 aliphatic carbocycles. The van der Waals surface area contributed by atoms with Crippen molar-refractivity contribution < 1.29 is 23.0 Å². The van der Waals surface area contributed by atoms with Crippen molar-refractivity contribution in [3.05, 3.63) is 23.8 Å². The molecule has 1 aromatic rings. The van der Waals surface area contributed by atoms with Gasteiger partial charge in [-0.2, -0.15) is 0 Å². The maximum absolute atomic E-state index is 13.1. The van der Waals surface area contributed by atoms with Crippen LogP contribution in [0.5, 0.6) is 11.5 Å². The third kappa shape index (κ3) is 2.52. The van der Waals surface area contributed by atoms with E-state index < -0.39 is 6.29 Å². The number of piperazine rings is 1. The molecule has 2 fully saturated rings. The van der Waals surface area contributed by atoms with Gasteiger partial charge in [0.25, 0.3) is 0 Å². The van der Waals surface area contributed by atoms with E-state index in [1.807, 2.05) is 11.8 Å². The molecule has 0 unspecified atom stereocenters. The van der Waals surface area contributed by atoms with Gasteiger partial charge in [-0.05, 0) is 37.5 Å². The average Bonchev–Trinajstić information content (AvgIpc) is 3.06. The molecule has 0 bridgehead atoms. The van der Waals surface area contributed by atoms with E-state index >= 15 is 0 Å². The molecule has 0 N–H and O–H groups in total. The summed E-state index contributed by atoms with van der Waals surface area (Å²) in [5, 5.41) is 0. The third-order valence-electron chi connectivity index (χ3n) is 4.86. The van der Waals surface area contributed by atoms with Crippen LogP contribution in [-0.2, 0) is 11.3 Å². The number of rotatable bonds is 2. The molecule has 3 aliphatic rings. The van der Waals surface area contributed by atoms with Crippen LogP contribution in [0.4, 0.5) is 8.78 Å². The van der Waals surface area contributed by atoms with Crippen LogP contribution in [0, 0.1) is 0 Å². The number of carbonyl (C=O) groups excluding carboxylic acids is 1.